The average molecular weight is 369 g/mol. The zero-order valence-corrected chi connectivity index (χ0v) is 15.0. The monoisotopic (exact) mass is 368 g/mol. The molecule has 1 aromatic rings. The second kappa shape index (κ2) is 7.17. The molecule has 0 bridgehead atoms. The van der Waals surface area contributed by atoms with Gasteiger partial charge in [-0.1, -0.05) is 6.92 Å². The number of hydrogen-bond donors (Lipinski definition) is 0. The molecule has 0 aliphatic carbocycles. The van der Waals surface area contributed by atoms with E-state index in [4.69, 9.17) is 0 Å². The predicted octanol–water partition coefficient (Wildman–Crippen LogP) is 2.78. The molecule has 0 atom stereocenters. The van der Waals surface area contributed by atoms with E-state index in [2.05, 4.69) is 20.8 Å². The molecule has 1 aromatic heterocycles. The topological polar surface area (TPSA) is 40.6 Å². The van der Waals surface area contributed by atoms with E-state index >= 15 is 0 Å². The lowest BCUT2D eigenvalue weighted by Gasteiger charge is -2.20. The van der Waals surface area contributed by atoms with Gasteiger partial charge in [-0.3, -0.25) is 0 Å². The molecule has 0 saturated carbocycles. The summed E-state index contributed by atoms with van der Waals surface area (Å²) in [6.45, 7) is 5.74. The molecule has 0 radical (unpaired) electrons. The van der Waals surface area contributed by atoms with E-state index < -0.39 is 10.0 Å². The first-order valence-electron chi connectivity index (χ1n) is 6.19. The number of aryl methyl sites for hydroxylation is 1. The van der Waals surface area contributed by atoms with Crippen molar-refractivity contribution in [1.82, 2.24) is 9.21 Å². The van der Waals surface area contributed by atoms with Gasteiger partial charge in [-0.25, -0.2) is 8.42 Å². The van der Waals surface area contributed by atoms with E-state index in [1.165, 1.54) is 11.3 Å². The molecule has 0 saturated heterocycles. The van der Waals surface area contributed by atoms with Gasteiger partial charge in [-0.05, 0) is 61.5 Å². The standard InChI is InChI=1S/C12H21BrN2O2S2/c1-5-15(8-6-7-14(3)4)19(16,17)11-9-10(2)12(13)18-11/h9H,5-8H2,1-4H3. The fraction of sp³-hybridized carbons (Fsp3) is 0.667. The Hall–Kier alpha value is 0.0500. The molecule has 0 N–H and O–H groups in total. The number of hydrogen-bond acceptors (Lipinski definition) is 4. The van der Waals surface area contributed by atoms with Crippen molar-refractivity contribution in [1.29, 1.82) is 0 Å². The minimum Gasteiger partial charge on any atom is -0.309 e. The first-order valence-corrected chi connectivity index (χ1v) is 9.24. The van der Waals surface area contributed by atoms with Crippen LogP contribution in [-0.2, 0) is 10.0 Å². The summed E-state index contributed by atoms with van der Waals surface area (Å²) in [7, 11) is 0.634. The lowest BCUT2D eigenvalue weighted by molar-refractivity contribution is 0.356. The average Bonchev–Trinajstić information content (AvgIpc) is 2.65. The Labute approximate surface area is 128 Å². The van der Waals surface area contributed by atoms with Crippen LogP contribution in [0.4, 0.5) is 0 Å². The van der Waals surface area contributed by atoms with Crippen molar-refractivity contribution in [2.45, 2.75) is 24.5 Å². The van der Waals surface area contributed by atoms with E-state index in [-0.39, 0.29) is 0 Å². The smallest absolute Gasteiger partial charge is 0.252 e. The van der Waals surface area contributed by atoms with Gasteiger partial charge in [0.25, 0.3) is 10.0 Å². The van der Waals surface area contributed by atoms with Gasteiger partial charge in [0, 0.05) is 13.1 Å². The van der Waals surface area contributed by atoms with Crippen LogP contribution in [0, 0.1) is 6.92 Å². The third kappa shape index (κ3) is 4.53. The molecule has 19 heavy (non-hydrogen) atoms. The number of halogens is 1. The van der Waals surface area contributed by atoms with Crippen molar-refractivity contribution in [2.75, 3.05) is 33.7 Å². The molecule has 1 rings (SSSR count). The fourth-order valence-corrected chi connectivity index (χ4v) is 5.57. The predicted molar refractivity (Wildman–Crippen MR) is 84.4 cm³/mol. The molecule has 0 amide bonds. The van der Waals surface area contributed by atoms with Crippen molar-refractivity contribution in [3.05, 3.63) is 15.4 Å². The van der Waals surface area contributed by atoms with Gasteiger partial charge < -0.3 is 4.90 Å². The van der Waals surface area contributed by atoms with Gasteiger partial charge >= 0.3 is 0 Å². The summed E-state index contributed by atoms with van der Waals surface area (Å²) in [6.07, 6.45) is 0.839. The summed E-state index contributed by atoms with van der Waals surface area (Å²) in [6, 6.07) is 1.73. The zero-order chi connectivity index (χ0) is 14.6. The van der Waals surface area contributed by atoms with Crippen molar-refractivity contribution in [2.24, 2.45) is 0 Å². The van der Waals surface area contributed by atoms with Gasteiger partial charge in [0.05, 0.1) is 3.79 Å². The van der Waals surface area contributed by atoms with Crippen LogP contribution in [0.2, 0.25) is 0 Å². The first-order chi connectivity index (χ1) is 8.78. The summed E-state index contributed by atoms with van der Waals surface area (Å²) in [5, 5.41) is 0. The van der Waals surface area contributed by atoms with Gasteiger partial charge in [-0.2, -0.15) is 4.31 Å². The van der Waals surface area contributed by atoms with E-state index in [1.807, 2.05) is 27.9 Å². The van der Waals surface area contributed by atoms with Crippen molar-refractivity contribution in [3.8, 4) is 0 Å². The molecule has 0 spiro atoms. The maximum Gasteiger partial charge on any atom is 0.252 e. The molecule has 7 heteroatoms. The van der Waals surface area contributed by atoms with Gasteiger partial charge in [0.15, 0.2) is 0 Å². The molecule has 0 aliphatic rings. The van der Waals surface area contributed by atoms with Crippen LogP contribution in [0.1, 0.15) is 18.9 Å². The largest absolute Gasteiger partial charge is 0.309 e. The van der Waals surface area contributed by atoms with E-state index in [0.29, 0.717) is 17.3 Å². The normalized spacial score (nSPS) is 12.6. The van der Waals surface area contributed by atoms with Crippen molar-refractivity contribution in [3.63, 3.8) is 0 Å². The highest BCUT2D eigenvalue weighted by Gasteiger charge is 2.25. The molecule has 4 nitrogen and oxygen atoms in total. The lowest BCUT2D eigenvalue weighted by atomic mass is 10.4. The van der Waals surface area contributed by atoms with Crippen LogP contribution < -0.4 is 0 Å². The molecule has 1 heterocycles. The van der Waals surface area contributed by atoms with E-state index in [0.717, 1.165) is 22.3 Å². The van der Waals surface area contributed by atoms with Crippen LogP contribution in [0.15, 0.2) is 14.1 Å². The summed E-state index contributed by atoms with van der Waals surface area (Å²) in [5.74, 6) is 0. The number of sulfonamides is 1. The molecule has 0 unspecified atom stereocenters. The molecule has 0 aromatic carbocycles. The van der Waals surface area contributed by atoms with E-state index in [9.17, 15) is 8.42 Å². The van der Waals surface area contributed by atoms with Gasteiger partial charge in [-0.15, -0.1) is 11.3 Å². The van der Waals surface area contributed by atoms with E-state index in [1.54, 1.807) is 10.4 Å². The van der Waals surface area contributed by atoms with Crippen molar-refractivity contribution >= 4 is 37.3 Å². The Bertz CT molecular complexity index is 492. The SMILES string of the molecule is CCN(CCCN(C)C)S(=O)(=O)c1cc(C)c(Br)s1. The van der Waals surface area contributed by atoms with Crippen LogP contribution >= 0.6 is 27.3 Å². The Kier molecular flexibility index (Phi) is 6.46. The highest BCUT2D eigenvalue weighted by molar-refractivity contribution is 9.11. The summed E-state index contributed by atoms with van der Waals surface area (Å²) in [5.41, 5.74) is 0.966. The van der Waals surface area contributed by atoms with Crippen molar-refractivity contribution < 1.29 is 8.42 Å². The fourth-order valence-electron chi connectivity index (χ4n) is 1.70. The Morgan fingerprint density at radius 3 is 2.37 bits per heavy atom. The molecule has 0 fully saturated rings. The highest BCUT2D eigenvalue weighted by Crippen LogP contribution is 2.32. The molecular weight excluding hydrogens is 348 g/mol. The van der Waals surface area contributed by atoms with Crippen LogP contribution in [-0.4, -0.2) is 51.4 Å². The maximum absolute atomic E-state index is 12.5. The summed E-state index contributed by atoms with van der Waals surface area (Å²) >= 11 is 4.66. The minimum absolute atomic E-state index is 0.420. The second-order valence-corrected chi connectivity index (χ2v) is 9.21. The number of nitrogens with zero attached hydrogens (tertiary/aromatic N) is 2. The van der Waals surface area contributed by atoms with Crippen LogP contribution in [0.5, 0.6) is 0 Å². The second-order valence-electron chi connectivity index (χ2n) is 4.68. The number of thiophene rings is 1. The third-order valence-corrected chi connectivity index (χ3v) is 7.35. The lowest BCUT2D eigenvalue weighted by Crippen LogP contribution is -2.32. The maximum atomic E-state index is 12.5. The Balaban J connectivity index is 2.83. The first kappa shape index (κ1) is 17.1. The molecule has 0 aliphatic heterocycles. The summed E-state index contributed by atoms with van der Waals surface area (Å²) in [4.78, 5) is 2.06. The van der Waals surface area contributed by atoms with Gasteiger partial charge in [0.2, 0.25) is 0 Å². The minimum atomic E-state index is -3.35. The Morgan fingerprint density at radius 2 is 1.95 bits per heavy atom. The molecular formula is C12H21BrN2O2S2. The quantitative estimate of drug-likeness (QED) is 0.742. The summed E-state index contributed by atoms with van der Waals surface area (Å²) < 4.78 is 27.9. The van der Waals surface area contributed by atoms with Crippen LogP contribution in [0.3, 0.4) is 0 Å². The van der Waals surface area contributed by atoms with Crippen LogP contribution in [0.25, 0.3) is 0 Å². The van der Waals surface area contributed by atoms with Gasteiger partial charge in [0.1, 0.15) is 4.21 Å². The highest BCUT2D eigenvalue weighted by atomic mass is 79.9. The third-order valence-electron chi connectivity index (χ3n) is 2.79. The Morgan fingerprint density at radius 1 is 1.32 bits per heavy atom. The number of rotatable bonds is 7. The zero-order valence-electron chi connectivity index (χ0n) is 11.8. The molecule has 110 valence electrons.